The average molecular weight is 471 g/mol. The van der Waals surface area contributed by atoms with Crippen LogP contribution in [0.3, 0.4) is 0 Å². The van der Waals surface area contributed by atoms with E-state index in [9.17, 15) is 13.2 Å². The lowest BCUT2D eigenvalue weighted by Crippen LogP contribution is -2.14. The molecule has 0 heterocycles. The first-order valence-corrected chi connectivity index (χ1v) is 12.2. The fourth-order valence-electron chi connectivity index (χ4n) is 5.00. The molecule has 0 unspecified atom stereocenters. The van der Waals surface area contributed by atoms with E-state index in [2.05, 4.69) is 31.2 Å². The van der Waals surface area contributed by atoms with Gasteiger partial charge in [0.05, 0.1) is 5.02 Å². The van der Waals surface area contributed by atoms with E-state index >= 15 is 0 Å². The highest BCUT2D eigenvalue weighted by atomic mass is 35.5. The van der Waals surface area contributed by atoms with Crippen molar-refractivity contribution in [2.75, 3.05) is 0 Å². The number of hydrogen-bond acceptors (Lipinski definition) is 0. The van der Waals surface area contributed by atoms with Gasteiger partial charge < -0.3 is 0 Å². The lowest BCUT2D eigenvalue weighted by molar-refractivity contribution is 0.310. The highest BCUT2D eigenvalue weighted by Crippen LogP contribution is 2.37. The number of benzene rings is 3. The lowest BCUT2D eigenvalue weighted by atomic mass is 9.77. The van der Waals surface area contributed by atoms with Crippen molar-refractivity contribution in [3.05, 3.63) is 105 Å². The predicted molar refractivity (Wildman–Crippen MR) is 129 cm³/mol. The van der Waals surface area contributed by atoms with Crippen LogP contribution in [0, 0.1) is 30.3 Å². The topological polar surface area (TPSA) is 0 Å². The van der Waals surface area contributed by atoms with Gasteiger partial charge in [0.25, 0.3) is 0 Å². The molecule has 0 radical (unpaired) electrons. The van der Waals surface area contributed by atoms with Gasteiger partial charge in [0.1, 0.15) is 17.5 Å². The van der Waals surface area contributed by atoms with Crippen molar-refractivity contribution in [2.24, 2.45) is 5.92 Å². The van der Waals surface area contributed by atoms with Gasteiger partial charge in [-0.1, -0.05) is 47.5 Å². The van der Waals surface area contributed by atoms with Crippen LogP contribution in [-0.2, 0) is 19.3 Å². The molecule has 0 aromatic heterocycles. The largest absolute Gasteiger partial charge is 0.207 e. The van der Waals surface area contributed by atoms with Crippen molar-refractivity contribution >= 4 is 11.6 Å². The monoisotopic (exact) mass is 470 g/mol. The van der Waals surface area contributed by atoms with Crippen LogP contribution in [0.1, 0.15) is 65.8 Å². The van der Waals surface area contributed by atoms with Gasteiger partial charge in [0.15, 0.2) is 0 Å². The molecule has 0 atom stereocenters. The lowest BCUT2D eigenvalue weighted by Gasteiger charge is -2.29. The van der Waals surface area contributed by atoms with Crippen molar-refractivity contribution < 1.29 is 13.2 Å². The first kappa shape index (κ1) is 23.9. The van der Waals surface area contributed by atoms with E-state index in [0.29, 0.717) is 35.8 Å². The zero-order valence-corrected chi connectivity index (χ0v) is 19.8. The molecule has 4 heteroatoms. The minimum Gasteiger partial charge on any atom is -0.207 e. The van der Waals surface area contributed by atoms with Gasteiger partial charge in [0, 0.05) is 5.56 Å². The molecule has 0 spiro atoms. The molecule has 0 saturated heterocycles. The predicted octanol–water partition coefficient (Wildman–Crippen LogP) is 8.76. The molecule has 33 heavy (non-hydrogen) atoms. The molecule has 0 nitrogen and oxygen atoms in total. The molecule has 1 aliphatic carbocycles. The number of aryl methyl sites for hydroxylation is 3. The Kier molecular flexibility index (Phi) is 7.80. The maximum Gasteiger partial charge on any atom is 0.142 e. The summed E-state index contributed by atoms with van der Waals surface area (Å²) in [5.74, 6) is -0.300. The molecule has 3 aromatic rings. The molecule has 0 amide bonds. The smallest absolute Gasteiger partial charge is 0.142 e. The minimum absolute atomic E-state index is 0.0455. The van der Waals surface area contributed by atoms with Gasteiger partial charge in [-0.15, -0.1) is 0 Å². The zero-order valence-electron chi connectivity index (χ0n) is 19.0. The molecule has 0 bridgehead atoms. The summed E-state index contributed by atoms with van der Waals surface area (Å²) >= 11 is 5.70. The van der Waals surface area contributed by atoms with Crippen LogP contribution in [0.4, 0.5) is 13.2 Å². The Bertz CT molecular complexity index is 1060. The summed E-state index contributed by atoms with van der Waals surface area (Å²) in [7, 11) is 0. The number of rotatable bonds is 7. The third-order valence-electron chi connectivity index (χ3n) is 7.09. The summed E-state index contributed by atoms with van der Waals surface area (Å²) in [6.45, 7) is 2.11. The molecule has 1 aliphatic rings. The van der Waals surface area contributed by atoms with Gasteiger partial charge in [0.2, 0.25) is 0 Å². The second-order valence-corrected chi connectivity index (χ2v) is 9.86. The maximum atomic E-state index is 14.7. The summed E-state index contributed by atoms with van der Waals surface area (Å²) < 4.78 is 42.9. The van der Waals surface area contributed by atoms with E-state index in [4.69, 9.17) is 11.6 Å². The molecule has 0 aliphatic heterocycles. The van der Waals surface area contributed by atoms with E-state index in [1.54, 1.807) is 6.07 Å². The normalized spacial score (nSPS) is 18.5. The van der Waals surface area contributed by atoms with E-state index in [0.717, 1.165) is 6.42 Å². The van der Waals surface area contributed by atoms with Crippen molar-refractivity contribution in [3.63, 3.8) is 0 Å². The molecule has 0 N–H and O–H groups in total. The standard InChI is InChI=1S/C29H30ClF3/c1-19-2-10-23(11-3-19)24-12-6-20(7-13-24)4-5-22-17-27(31)25(28(32)18-22)14-8-21-9-15-26(30)29(33)16-21/h2-3,9-11,15-18,20,24H,4-8,12-14H2,1H3. The van der Waals surface area contributed by atoms with Gasteiger partial charge >= 0.3 is 0 Å². The summed E-state index contributed by atoms with van der Waals surface area (Å²) in [6, 6.07) is 16.3. The minimum atomic E-state index is -0.515. The van der Waals surface area contributed by atoms with Crippen LogP contribution in [0.15, 0.2) is 54.6 Å². The summed E-state index contributed by atoms with van der Waals surface area (Å²) in [5, 5.41) is 0.0455. The second kappa shape index (κ2) is 10.8. The molecule has 1 fully saturated rings. The Morgan fingerprint density at radius 1 is 0.727 bits per heavy atom. The van der Waals surface area contributed by atoms with Gasteiger partial charge in [-0.05, 0) is 111 Å². The van der Waals surface area contributed by atoms with E-state index in [1.807, 2.05) is 0 Å². The Hall–Kier alpha value is -2.26. The first-order chi connectivity index (χ1) is 15.9. The third kappa shape index (κ3) is 6.20. The van der Waals surface area contributed by atoms with Gasteiger partial charge in [-0.2, -0.15) is 0 Å². The zero-order chi connectivity index (χ0) is 23.4. The van der Waals surface area contributed by atoms with Crippen LogP contribution < -0.4 is 0 Å². The summed E-state index contributed by atoms with van der Waals surface area (Å²) in [6.07, 6.45) is 6.88. The third-order valence-corrected chi connectivity index (χ3v) is 7.39. The number of halogens is 4. The maximum absolute atomic E-state index is 14.7. The molecule has 3 aromatic carbocycles. The molecular weight excluding hydrogens is 441 g/mol. The average Bonchev–Trinajstić information content (AvgIpc) is 2.80. The highest BCUT2D eigenvalue weighted by Gasteiger charge is 2.22. The molecule has 4 rings (SSSR count). The summed E-state index contributed by atoms with van der Waals surface area (Å²) in [5.41, 5.74) is 4.16. The van der Waals surface area contributed by atoms with Crippen molar-refractivity contribution in [1.29, 1.82) is 0 Å². The van der Waals surface area contributed by atoms with Gasteiger partial charge in [-0.3, -0.25) is 0 Å². The van der Waals surface area contributed by atoms with Crippen LogP contribution in [0.25, 0.3) is 0 Å². The fourth-order valence-corrected chi connectivity index (χ4v) is 5.11. The Labute approximate surface area is 199 Å². The second-order valence-electron chi connectivity index (χ2n) is 9.45. The quantitative estimate of drug-likeness (QED) is 0.323. The number of hydrogen-bond donors (Lipinski definition) is 0. The molecular formula is C29H30ClF3. The van der Waals surface area contributed by atoms with Crippen LogP contribution >= 0.6 is 11.6 Å². The Balaban J connectivity index is 1.29. The van der Waals surface area contributed by atoms with Crippen molar-refractivity contribution in [2.45, 2.75) is 64.2 Å². The van der Waals surface area contributed by atoms with E-state index < -0.39 is 17.5 Å². The van der Waals surface area contributed by atoms with Crippen LogP contribution in [-0.4, -0.2) is 0 Å². The van der Waals surface area contributed by atoms with Gasteiger partial charge in [-0.25, -0.2) is 13.2 Å². The highest BCUT2D eigenvalue weighted by molar-refractivity contribution is 6.30. The molecule has 174 valence electrons. The van der Waals surface area contributed by atoms with Crippen molar-refractivity contribution in [3.8, 4) is 0 Å². The Morgan fingerprint density at radius 3 is 2.00 bits per heavy atom. The van der Waals surface area contributed by atoms with Crippen LogP contribution in [0.2, 0.25) is 5.02 Å². The van der Waals surface area contributed by atoms with E-state index in [1.165, 1.54) is 61.1 Å². The Morgan fingerprint density at radius 2 is 1.36 bits per heavy atom. The SMILES string of the molecule is Cc1ccc(C2CCC(CCc3cc(F)c(CCc4ccc(Cl)c(F)c4)c(F)c3)CC2)cc1. The molecule has 1 saturated carbocycles. The van der Waals surface area contributed by atoms with Crippen LogP contribution in [0.5, 0.6) is 0 Å². The van der Waals surface area contributed by atoms with Crippen molar-refractivity contribution in [1.82, 2.24) is 0 Å². The first-order valence-electron chi connectivity index (χ1n) is 11.9. The van der Waals surface area contributed by atoms with E-state index in [-0.39, 0.29) is 17.0 Å². The fraction of sp³-hybridized carbons (Fsp3) is 0.379. The summed E-state index contributed by atoms with van der Waals surface area (Å²) in [4.78, 5) is 0.